The van der Waals surface area contributed by atoms with E-state index in [1.165, 1.54) is 11.1 Å². The van der Waals surface area contributed by atoms with Crippen molar-refractivity contribution < 1.29 is 4.79 Å². The van der Waals surface area contributed by atoms with Gasteiger partial charge in [0.05, 0.1) is 6.54 Å². The second-order valence-corrected chi connectivity index (χ2v) is 6.92. The molecule has 1 aromatic rings. The van der Waals surface area contributed by atoms with Crippen LogP contribution in [0.2, 0.25) is 0 Å². The first-order valence-corrected chi connectivity index (χ1v) is 8.03. The highest BCUT2D eigenvalue weighted by Gasteiger charge is 2.14. The van der Waals surface area contributed by atoms with Crippen molar-refractivity contribution in [3.63, 3.8) is 0 Å². The highest BCUT2D eigenvalue weighted by molar-refractivity contribution is 5.86. The standard InChI is InChI=1S/C18H30N4O/c1-13-8-7-9-15(10-13)14(2)11-20-17(19-6)21-12-16(23)22-18(3,4)5/h7-10,14H,11-12H2,1-6H3,(H,22,23)(H2,19,20,21). The Morgan fingerprint density at radius 3 is 2.52 bits per heavy atom. The van der Waals surface area contributed by atoms with Gasteiger partial charge in [0.25, 0.3) is 0 Å². The average molecular weight is 318 g/mol. The van der Waals surface area contributed by atoms with Crippen LogP contribution >= 0.6 is 0 Å². The molecular weight excluding hydrogens is 288 g/mol. The van der Waals surface area contributed by atoms with E-state index in [1.54, 1.807) is 7.05 Å². The summed E-state index contributed by atoms with van der Waals surface area (Å²) < 4.78 is 0. The van der Waals surface area contributed by atoms with E-state index in [2.05, 4.69) is 59.1 Å². The number of rotatable bonds is 5. The molecule has 1 unspecified atom stereocenters. The van der Waals surface area contributed by atoms with Gasteiger partial charge >= 0.3 is 0 Å². The smallest absolute Gasteiger partial charge is 0.239 e. The maximum atomic E-state index is 11.8. The van der Waals surface area contributed by atoms with Gasteiger partial charge in [0.15, 0.2) is 5.96 Å². The molecule has 0 spiro atoms. The number of amides is 1. The van der Waals surface area contributed by atoms with Crippen LogP contribution in [-0.4, -0.2) is 37.5 Å². The molecule has 5 nitrogen and oxygen atoms in total. The number of carbonyl (C=O) groups excluding carboxylic acids is 1. The number of benzene rings is 1. The molecule has 0 aliphatic carbocycles. The molecule has 0 fully saturated rings. The summed E-state index contributed by atoms with van der Waals surface area (Å²) in [6, 6.07) is 8.49. The van der Waals surface area contributed by atoms with Crippen molar-refractivity contribution in [1.29, 1.82) is 0 Å². The van der Waals surface area contributed by atoms with Crippen molar-refractivity contribution in [1.82, 2.24) is 16.0 Å². The summed E-state index contributed by atoms with van der Waals surface area (Å²) >= 11 is 0. The molecule has 1 rings (SSSR count). The second kappa shape index (κ2) is 8.56. The van der Waals surface area contributed by atoms with Crippen molar-refractivity contribution in [3.05, 3.63) is 35.4 Å². The second-order valence-electron chi connectivity index (χ2n) is 6.92. The van der Waals surface area contributed by atoms with Crippen molar-refractivity contribution in [2.45, 2.75) is 46.1 Å². The van der Waals surface area contributed by atoms with Crippen LogP contribution in [0, 0.1) is 6.92 Å². The first kappa shape index (κ1) is 19.0. The van der Waals surface area contributed by atoms with Crippen molar-refractivity contribution >= 4 is 11.9 Å². The molecule has 0 aliphatic heterocycles. The highest BCUT2D eigenvalue weighted by atomic mass is 16.2. The molecule has 1 amide bonds. The molecule has 0 aromatic heterocycles. The third-order valence-corrected chi connectivity index (χ3v) is 3.34. The van der Waals surface area contributed by atoms with Crippen LogP contribution in [0.4, 0.5) is 0 Å². The molecular formula is C18H30N4O. The van der Waals surface area contributed by atoms with Gasteiger partial charge < -0.3 is 16.0 Å². The third kappa shape index (κ3) is 7.68. The maximum absolute atomic E-state index is 11.8. The number of aliphatic imine (C=N–C) groups is 1. The van der Waals surface area contributed by atoms with Crippen LogP contribution in [-0.2, 0) is 4.79 Å². The summed E-state index contributed by atoms with van der Waals surface area (Å²) in [5.41, 5.74) is 2.32. The fourth-order valence-electron chi connectivity index (χ4n) is 2.19. The van der Waals surface area contributed by atoms with Gasteiger partial charge in [0, 0.05) is 19.1 Å². The Hall–Kier alpha value is -2.04. The normalized spacial score (nSPS) is 13.4. The number of aryl methyl sites for hydroxylation is 1. The van der Waals surface area contributed by atoms with Gasteiger partial charge in [0.1, 0.15) is 0 Å². The monoisotopic (exact) mass is 318 g/mol. The van der Waals surface area contributed by atoms with E-state index >= 15 is 0 Å². The minimum absolute atomic E-state index is 0.0489. The zero-order valence-corrected chi connectivity index (χ0v) is 15.2. The van der Waals surface area contributed by atoms with Crippen LogP contribution in [0.15, 0.2) is 29.3 Å². The molecule has 23 heavy (non-hydrogen) atoms. The van der Waals surface area contributed by atoms with Crippen LogP contribution in [0.5, 0.6) is 0 Å². The van der Waals surface area contributed by atoms with E-state index in [1.807, 2.05) is 20.8 Å². The Labute approximate surface area is 140 Å². The summed E-state index contributed by atoms with van der Waals surface area (Å²) in [4.78, 5) is 16.0. The lowest BCUT2D eigenvalue weighted by atomic mass is 9.99. The average Bonchev–Trinajstić information content (AvgIpc) is 2.45. The summed E-state index contributed by atoms with van der Waals surface area (Å²) in [5, 5.41) is 9.21. The van der Waals surface area contributed by atoms with Crippen LogP contribution < -0.4 is 16.0 Å². The molecule has 1 aromatic carbocycles. The first-order chi connectivity index (χ1) is 10.7. The summed E-state index contributed by atoms with van der Waals surface area (Å²) in [6.45, 7) is 11.1. The lowest BCUT2D eigenvalue weighted by molar-refractivity contribution is -0.121. The zero-order valence-electron chi connectivity index (χ0n) is 15.2. The minimum atomic E-state index is -0.227. The van der Waals surface area contributed by atoms with Crippen molar-refractivity contribution in [3.8, 4) is 0 Å². The number of hydrogen-bond donors (Lipinski definition) is 3. The lowest BCUT2D eigenvalue weighted by Crippen LogP contribution is -2.48. The van der Waals surface area contributed by atoms with Gasteiger partial charge in [-0.3, -0.25) is 9.79 Å². The molecule has 128 valence electrons. The van der Waals surface area contributed by atoms with Crippen molar-refractivity contribution in [2.75, 3.05) is 20.1 Å². The number of hydrogen-bond acceptors (Lipinski definition) is 2. The topological polar surface area (TPSA) is 65.5 Å². The molecule has 0 heterocycles. The predicted octanol–water partition coefficient (Wildman–Crippen LogP) is 2.18. The predicted molar refractivity (Wildman–Crippen MR) is 96.9 cm³/mol. The van der Waals surface area contributed by atoms with Crippen molar-refractivity contribution in [2.24, 2.45) is 4.99 Å². The highest BCUT2D eigenvalue weighted by Crippen LogP contribution is 2.15. The van der Waals surface area contributed by atoms with E-state index in [0.717, 1.165) is 6.54 Å². The molecule has 3 N–H and O–H groups in total. The Balaban J connectivity index is 2.44. The number of carbonyl (C=O) groups is 1. The number of nitrogens with zero attached hydrogens (tertiary/aromatic N) is 1. The summed E-state index contributed by atoms with van der Waals surface area (Å²) in [5.74, 6) is 0.942. The Bertz CT molecular complexity index is 546. The summed E-state index contributed by atoms with van der Waals surface area (Å²) in [6.07, 6.45) is 0. The van der Waals surface area contributed by atoms with E-state index < -0.39 is 0 Å². The number of guanidine groups is 1. The van der Waals surface area contributed by atoms with E-state index in [4.69, 9.17) is 0 Å². The van der Waals surface area contributed by atoms with Crippen LogP contribution in [0.25, 0.3) is 0 Å². The van der Waals surface area contributed by atoms with E-state index in [-0.39, 0.29) is 18.0 Å². The zero-order chi connectivity index (χ0) is 17.5. The summed E-state index contributed by atoms with van der Waals surface area (Å²) in [7, 11) is 1.70. The Morgan fingerprint density at radius 2 is 1.96 bits per heavy atom. The molecule has 0 aliphatic rings. The van der Waals surface area contributed by atoms with Gasteiger partial charge in [-0.1, -0.05) is 36.8 Å². The molecule has 0 radical (unpaired) electrons. The molecule has 0 saturated carbocycles. The fourth-order valence-corrected chi connectivity index (χ4v) is 2.19. The van der Waals surface area contributed by atoms with Crippen LogP contribution in [0.3, 0.4) is 0 Å². The largest absolute Gasteiger partial charge is 0.356 e. The van der Waals surface area contributed by atoms with E-state index in [9.17, 15) is 4.79 Å². The van der Waals surface area contributed by atoms with Gasteiger partial charge in [0.2, 0.25) is 5.91 Å². The SMILES string of the molecule is CN=C(NCC(=O)NC(C)(C)C)NCC(C)c1cccc(C)c1. The van der Waals surface area contributed by atoms with Gasteiger partial charge in [-0.05, 0) is 39.2 Å². The lowest BCUT2D eigenvalue weighted by Gasteiger charge is -2.21. The Morgan fingerprint density at radius 1 is 1.26 bits per heavy atom. The maximum Gasteiger partial charge on any atom is 0.239 e. The molecule has 0 bridgehead atoms. The molecule has 5 heteroatoms. The fraction of sp³-hybridized carbons (Fsp3) is 0.556. The Kier molecular flexibility index (Phi) is 7.07. The van der Waals surface area contributed by atoms with Gasteiger partial charge in [-0.15, -0.1) is 0 Å². The number of nitrogens with one attached hydrogen (secondary N) is 3. The quantitative estimate of drug-likeness (QED) is 0.576. The first-order valence-electron chi connectivity index (χ1n) is 8.03. The van der Waals surface area contributed by atoms with E-state index in [0.29, 0.717) is 11.9 Å². The molecule has 0 saturated heterocycles. The third-order valence-electron chi connectivity index (χ3n) is 3.34. The van der Waals surface area contributed by atoms with Gasteiger partial charge in [-0.25, -0.2) is 0 Å². The minimum Gasteiger partial charge on any atom is -0.356 e. The van der Waals surface area contributed by atoms with Gasteiger partial charge in [-0.2, -0.15) is 0 Å². The molecule has 1 atom stereocenters. The van der Waals surface area contributed by atoms with Crippen LogP contribution in [0.1, 0.15) is 44.7 Å².